The summed E-state index contributed by atoms with van der Waals surface area (Å²) in [5.74, 6) is 1.98. The minimum atomic E-state index is -0.279. The van der Waals surface area contributed by atoms with Gasteiger partial charge in [-0.15, -0.1) is 11.3 Å². The van der Waals surface area contributed by atoms with Crippen LogP contribution in [0.5, 0.6) is 0 Å². The van der Waals surface area contributed by atoms with Gasteiger partial charge in [-0.3, -0.25) is 0 Å². The number of thiophene rings is 1. The summed E-state index contributed by atoms with van der Waals surface area (Å²) >= 11 is 1.41. The summed E-state index contributed by atoms with van der Waals surface area (Å²) in [6.45, 7) is 11.8. The Morgan fingerprint density at radius 3 is 2.57 bits per heavy atom. The van der Waals surface area contributed by atoms with Crippen molar-refractivity contribution < 1.29 is 14.3 Å². The van der Waals surface area contributed by atoms with E-state index in [0.29, 0.717) is 30.1 Å². The van der Waals surface area contributed by atoms with Crippen LogP contribution in [0.15, 0.2) is 0 Å². The monoisotopic (exact) mass is 434 g/mol. The summed E-state index contributed by atoms with van der Waals surface area (Å²) in [7, 11) is 4.02. The van der Waals surface area contributed by atoms with E-state index in [-0.39, 0.29) is 5.97 Å². The standard InChI is InChI=1S/C22H34N4O3S/c1-7-28-22(27)19-15(4)18-20(23-17(12-25(5)6)24-21(18)30-19)26-10-8-16(9-11-26)29-13-14(2)3/h14,16H,7-13H2,1-6H3. The van der Waals surface area contributed by atoms with E-state index in [0.717, 1.165) is 60.0 Å². The third kappa shape index (κ3) is 5.28. The largest absolute Gasteiger partial charge is 0.462 e. The topological polar surface area (TPSA) is 67.8 Å². The number of hydrogen-bond donors (Lipinski definition) is 0. The molecule has 0 spiro atoms. The molecule has 0 unspecified atom stereocenters. The van der Waals surface area contributed by atoms with Gasteiger partial charge in [0, 0.05) is 19.7 Å². The Morgan fingerprint density at radius 1 is 1.27 bits per heavy atom. The van der Waals surface area contributed by atoms with E-state index in [4.69, 9.17) is 19.4 Å². The third-order valence-electron chi connectivity index (χ3n) is 5.14. The first-order valence-corrected chi connectivity index (χ1v) is 11.6. The summed E-state index contributed by atoms with van der Waals surface area (Å²) in [6.07, 6.45) is 2.27. The van der Waals surface area contributed by atoms with Crippen molar-refractivity contribution in [1.82, 2.24) is 14.9 Å². The maximum absolute atomic E-state index is 12.5. The Bertz CT molecular complexity index is 873. The second-order valence-electron chi connectivity index (χ2n) is 8.57. The van der Waals surface area contributed by atoms with Crippen LogP contribution in [0.25, 0.3) is 10.2 Å². The van der Waals surface area contributed by atoms with Gasteiger partial charge in [-0.05, 0) is 52.3 Å². The van der Waals surface area contributed by atoms with Crippen LogP contribution >= 0.6 is 11.3 Å². The summed E-state index contributed by atoms with van der Waals surface area (Å²) in [5, 5.41) is 0.979. The van der Waals surface area contributed by atoms with Crippen molar-refractivity contribution in [3.05, 3.63) is 16.3 Å². The molecule has 8 heteroatoms. The number of esters is 1. The van der Waals surface area contributed by atoms with Crippen LogP contribution in [0.3, 0.4) is 0 Å². The van der Waals surface area contributed by atoms with E-state index >= 15 is 0 Å². The number of rotatable bonds is 8. The molecule has 0 aromatic carbocycles. The molecule has 0 bridgehead atoms. The number of aromatic nitrogens is 2. The first kappa shape index (κ1) is 22.9. The first-order chi connectivity index (χ1) is 14.3. The summed E-state index contributed by atoms with van der Waals surface area (Å²) in [4.78, 5) is 28.0. The van der Waals surface area contributed by atoms with Crippen molar-refractivity contribution in [2.24, 2.45) is 5.92 Å². The Labute approximate surface area is 183 Å². The Hall–Kier alpha value is -1.77. The highest BCUT2D eigenvalue weighted by Crippen LogP contribution is 2.37. The maximum Gasteiger partial charge on any atom is 0.348 e. The Balaban J connectivity index is 1.92. The van der Waals surface area contributed by atoms with Crippen molar-refractivity contribution in [3.8, 4) is 0 Å². The van der Waals surface area contributed by atoms with Crippen LogP contribution in [0.2, 0.25) is 0 Å². The number of aryl methyl sites for hydroxylation is 1. The van der Waals surface area contributed by atoms with E-state index in [1.165, 1.54) is 11.3 Å². The van der Waals surface area contributed by atoms with Crippen molar-refractivity contribution >= 4 is 33.3 Å². The van der Waals surface area contributed by atoms with Crippen molar-refractivity contribution in [2.75, 3.05) is 45.3 Å². The van der Waals surface area contributed by atoms with Gasteiger partial charge in [0.05, 0.1) is 24.6 Å². The Kier molecular flexibility index (Phi) is 7.65. The normalized spacial score (nSPS) is 15.5. The summed E-state index contributed by atoms with van der Waals surface area (Å²) in [6, 6.07) is 0. The maximum atomic E-state index is 12.5. The second kappa shape index (κ2) is 10.0. The number of carbonyl (C=O) groups excluding carboxylic acids is 1. The fraction of sp³-hybridized carbons (Fsp3) is 0.682. The van der Waals surface area contributed by atoms with Crippen molar-refractivity contribution in [1.29, 1.82) is 0 Å². The minimum absolute atomic E-state index is 0.279. The van der Waals surface area contributed by atoms with Gasteiger partial charge in [0.1, 0.15) is 21.3 Å². The van der Waals surface area contributed by atoms with Gasteiger partial charge in [0.15, 0.2) is 0 Å². The van der Waals surface area contributed by atoms with E-state index < -0.39 is 0 Å². The molecule has 1 aliphatic rings. The molecule has 0 N–H and O–H groups in total. The number of carbonyl (C=O) groups is 1. The van der Waals surface area contributed by atoms with Gasteiger partial charge in [-0.25, -0.2) is 14.8 Å². The fourth-order valence-electron chi connectivity index (χ4n) is 3.70. The average molecular weight is 435 g/mol. The van der Waals surface area contributed by atoms with Gasteiger partial charge < -0.3 is 19.3 Å². The number of anilines is 1. The highest BCUT2D eigenvalue weighted by Gasteiger charge is 2.27. The zero-order chi connectivity index (χ0) is 21.8. The van der Waals surface area contributed by atoms with Gasteiger partial charge in [-0.1, -0.05) is 13.8 Å². The molecule has 0 aliphatic carbocycles. The van der Waals surface area contributed by atoms with E-state index in [1.54, 1.807) is 0 Å². The van der Waals surface area contributed by atoms with Crippen LogP contribution in [-0.4, -0.2) is 67.3 Å². The molecular formula is C22H34N4O3S. The van der Waals surface area contributed by atoms with Crippen LogP contribution in [-0.2, 0) is 16.0 Å². The van der Waals surface area contributed by atoms with Crippen LogP contribution in [0, 0.1) is 12.8 Å². The molecule has 2 aromatic heterocycles. The molecule has 0 amide bonds. The molecule has 3 heterocycles. The molecule has 0 atom stereocenters. The lowest BCUT2D eigenvalue weighted by Gasteiger charge is -2.33. The molecule has 3 rings (SSSR count). The highest BCUT2D eigenvalue weighted by molar-refractivity contribution is 7.20. The molecule has 1 aliphatic heterocycles. The first-order valence-electron chi connectivity index (χ1n) is 10.8. The van der Waals surface area contributed by atoms with Gasteiger partial charge in [-0.2, -0.15) is 0 Å². The third-order valence-corrected chi connectivity index (χ3v) is 6.31. The SMILES string of the molecule is CCOC(=O)c1sc2nc(CN(C)C)nc(N3CCC(OCC(C)C)CC3)c2c1C. The lowest BCUT2D eigenvalue weighted by molar-refractivity contribution is 0.0214. The zero-order valence-corrected chi connectivity index (χ0v) is 19.8. The average Bonchev–Trinajstić information content (AvgIpc) is 3.02. The zero-order valence-electron chi connectivity index (χ0n) is 19.0. The molecule has 7 nitrogen and oxygen atoms in total. The van der Waals surface area contributed by atoms with Crippen LogP contribution in [0.4, 0.5) is 5.82 Å². The second-order valence-corrected chi connectivity index (χ2v) is 9.57. The van der Waals surface area contributed by atoms with E-state index in [2.05, 4.69) is 23.6 Å². The number of hydrogen-bond acceptors (Lipinski definition) is 8. The van der Waals surface area contributed by atoms with Gasteiger partial charge in [0.2, 0.25) is 0 Å². The number of nitrogens with zero attached hydrogens (tertiary/aromatic N) is 4. The smallest absolute Gasteiger partial charge is 0.348 e. The van der Waals surface area contributed by atoms with Crippen LogP contribution in [0.1, 0.15) is 54.7 Å². The molecule has 0 radical (unpaired) electrons. The van der Waals surface area contributed by atoms with Crippen molar-refractivity contribution in [3.63, 3.8) is 0 Å². The van der Waals surface area contributed by atoms with E-state index in [9.17, 15) is 4.79 Å². The highest BCUT2D eigenvalue weighted by atomic mass is 32.1. The number of ether oxygens (including phenoxy) is 2. The number of fused-ring (bicyclic) bond motifs is 1. The molecule has 2 aromatic rings. The summed E-state index contributed by atoms with van der Waals surface area (Å²) in [5.41, 5.74) is 0.915. The Morgan fingerprint density at radius 2 is 1.97 bits per heavy atom. The lowest BCUT2D eigenvalue weighted by Crippen LogP contribution is -2.38. The molecule has 30 heavy (non-hydrogen) atoms. The van der Waals surface area contributed by atoms with Gasteiger partial charge in [0.25, 0.3) is 0 Å². The number of piperidine rings is 1. The fourth-order valence-corrected chi connectivity index (χ4v) is 4.79. The summed E-state index contributed by atoms with van der Waals surface area (Å²) < 4.78 is 11.3. The van der Waals surface area contributed by atoms with E-state index in [1.807, 2.05) is 27.9 Å². The van der Waals surface area contributed by atoms with Gasteiger partial charge >= 0.3 is 5.97 Å². The lowest BCUT2D eigenvalue weighted by atomic mass is 10.1. The van der Waals surface area contributed by atoms with Crippen molar-refractivity contribution in [2.45, 2.75) is 53.2 Å². The predicted molar refractivity (Wildman–Crippen MR) is 122 cm³/mol. The molecule has 1 saturated heterocycles. The molecule has 0 saturated carbocycles. The molecule has 166 valence electrons. The quantitative estimate of drug-likeness (QED) is 0.584. The van der Waals surface area contributed by atoms with Crippen LogP contribution < -0.4 is 4.90 Å². The minimum Gasteiger partial charge on any atom is -0.462 e. The predicted octanol–water partition coefficient (Wildman–Crippen LogP) is 3.88. The molecular weight excluding hydrogens is 400 g/mol. The molecule has 1 fully saturated rings.